The summed E-state index contributed by atoms with van der Waals surface area (Å²) in [4.78, 5) is 0. The molecule has 0 aliphatic carbocycles. The van der Waals surface area contributed by atoms with Gasteiger partial charge in [-0.3, -0.25) is 0 Å². The van der Waals surface area contributed by atoms with Crippen molar-refractivity contribution in [2.45, 2.75) is 20.0 Å². The molecule has 0 aromatic heterocycles. The van der Waals surface area contributed by atoms with Crippen LogP contribution in [-0.2, 0) is 6.18 Å². The molecule has 0 saturated carbocycles. The Labute approximate surface area is 69.0 Å². The zero-order valence-corrected chi connectivity index (χ0v) is 6.79. The van der Waals surface area contributed by atoms with Crippen molar-refractivity contribution >= 4 is 0 Å². The number of benzene rings is 1. The van der Waals surface area contributed by atoms with Crippen molar-refractivity contribution in [1.29, 1.82) is 0 Å². The number of alkyl halides is 3. The van der Waals surface area contributed by atoms with Crippen molar-refractivity contribution in [3.8, 4) is 0 Å². The molecule has 0 nitrogen and oxygen atoms in total. The van der Waals surface area contributed by atoms with Crippen molar-refractivity contribution in [1.82, 2.24) is 0 Å². The fourth-order valence-electron chi connectivity index (χ4n) is 0.847. The predicted octanol–water partition coefficient (Wildman–Crippen LogP) is 3.12. The lowest BCUT2D eigenvalue weighted by molar-refractivity contribution is -0.137. The molecule has 1 aromatic carbocycles. The molecule has 3 heteroatoms. The number of hydrogen-bond donors (Lipinski definition) is 0. The highest BCUT2D eigenvalue weighted by Gasteiger charge is 2.30. The van der Waals surface area contributed by atoms with Gasteiger partial charge in [0.1, 0.15) is 0 Å². The first-order chi connectivity index (χ1) is 5.41. The molecule has 0 aliphatic heterocycles. The van der Waals surface area contributed by atoms with Gasteiger partial charge in [0, 0.05) is 0 Å². The standard InChI is InChI=1S/C9H8F3/c1-6-3-4-8(5-7(6)2)9(10,11)12/h4-5H,1-2H3. The zero-order chi connectivity index (χ0) is 9.35. The van der Waals surface area contributed by atoms with Crippen LogP contribution in [0.4, 0.5) is 13.2 Å². The fourth-order valence-corrected chi connectivity index (χ4v) is 0.847. The lowest BCUT2D eigenvalue weighted by Crippen LogP contribution is -2.05. The van der Waals surface area contributed by atoms with Gasteiger partial charge < -0.3 is 0 Å². The van der Waals surface area contributed by atoms with Gasteiger partial charge in [-0.2, -0.15) is 13.2 Å². The van der Waals surface area contributed by atoms with E-state index >= 15 is 0 Å². The molecule has 12 heavy (non-hydrogen) atoms. The summed E-state index contributed by atoms with van der Waals surface area (Å²) in [6.07, 6.45) is -4.26. The highest BCUT2D eigenvalue weighted by atomic mass is 19.4. The lowest BCUT2D eigenvalue weighted by atomic mass is 10.1. The Morgan fingerprint density at radius 2 is 1.83 bits per heavy atom. The summed E-state index contributed by atoms with van der Waals surface area (Å²) < 4.78 is 36.2. The molecule has 0 N–H and O–H groups in total. The van der Waals surface area contributed by atoms with Gasteiger partial charge in [-0.1, -0.05) is 0 Å². The molecule has 0 aliphatic rings. The third-order valence-electron chi connectivity index (χ3n) is 1.74. The normalized spacial score (nSPS) is 11.8. The summed E-state index contributed by atoms with van der Waals surface area (Å²) in [5.41, 5.74) is 0.735. The minimum atomic E-state index is -4.26. The second-order valence-corrected chi connectivity index (χ2v) is 2.69. The van der Waals surface area contributed by atoms with Crippen LogP contribution in [0.2, 0.25) is 0 Å². The number of aryl methyl sites for hydroxylation is 2. The van der Waals surface area contributed by atoms with Gasteiger partial charge in [0.2, 0.25) is 0 Å². The summed E-state index contributed by atoms with van der Waals surface area (Å²) in [7, 11) is 0. The second kappa shape index (κ2) is 2.81. The molecule has 0 unspecified atom stereocenters. The molecule has 0 saturated heterocycles. The third kappa shape index (κ3) is 1.78. The average molecular weight is 173 g/mol. The summed E-state index contributed by atoms with van der Waals surface area (Å²) in [6.45, 7) is 3.37. The maximum Gasteiger partial charge on any atom is 0.416 e. The molecular formula is C9H8F3. The van der Waals surface area contributed by atoms with Gasteiger partial charge in [0.05, 0.1) is 5.56 Å². The largest absolute Gasteiger partial charge is 0.416 e. The molecule has 0 bridgehead atoms. The minimum Gasteiger partial charge on any atom is -0.166 e. The molecule has 1 aromatic rings. The van der Waals surface area contributed by atoms with E-state index in [0.29, 0.717) is 5.56 Å². The molecule has 0 amide bonds. The Morgan fingerprint density at radius 3 is 2.25 bits per heavy atom. The highest BCUT2D eigenvalue weighted by molar-refractivity contribution is 5.30. The van der Waals surface area contributed by atoms with E-state index < -0.39 is 11.7 Å². The van der Waals surface area contributed by atoms with Crippen LogP contribution in [0.1, 0.15) is 16.7 Å². The molecule has 0 heterocycles. The quantitative estimate of drug-likeness (QED) is 0.565. The van der Waals surface area contributed by atoms with E-state index in [4.69, 9.17) is 0 Å². The molecule has 65 valence electrons. The Morgan fingerprint density at radius 1 is 1.25 bits per heavy atom. The van der Waals surface area contributed by atoms with Crippen molar-refractivity contribution < 1.29 is 13.2 Å². The Hall–Kier alpha value is -0.990. The maximum absolute atomic E-state index is 12.1. The third-order valence-corrected chi connectivity index (χ3v) is 1.74. The van der Waals surface area contributed by atoms with Crippen molar-refractivity contribution in [2.75, 3.05) is 0 Å². The van der Waals surface area contributed by atoms with Crippen LogP contribution < -0.4 is 0 Å². The van der Waals surface area contributed by atoms with E-state index in [9.17, 15) is 13.2 Å². The maximum atomic E-state index is 12.1. The average Bonchev–Trinajstić information content (AvgIpc) is 1.92. The summed E-state index contributed by atoms with van der Waals surface area (Å²) in [6, 6.07) is 4.66. The zero-order valence-electron chi connectivity index (χ0n) is 6.79. The van der Waals surface area contributed by atoms with Crippen LogP contribution in [0.5, 0.6) is 0 Å². The van der Waals surface area contributed by atoms with E-state index in [2.05, 4.69) is 6.07 Å². The Bertz CT molecular complexity index is 286. The molecule has 0 fully saturated rings. The first-order valence-corrected chi connectivity index (χ1v) is 3.47. The van der Waals surface area contributed by atoms with Gasteiger partial charge >= 0.3 is 6.18 Å². The molecule has 0 atom stereocenters. The van der Waals surface area contributed by atoms with Crippen LogP contribution in [0, 0.1) is 19.9 Å². The van der Waals surface area contributed by atoms with Crippen molar-refractivity contribution in [3.63, 3.8) is 0 Å². The smallest absolute Gasteiger partial charge is 0.166 e. The van der Waals surface area contributed by atoms with Gasteiger partial charge in [-0.25, -0.2) is 0 Å². The predicted molar refractivity (Wildman–Crippen MR) is 39.8 cm³/mol. The van der Waals surface area contributed by atoms with Crippen molar-refractivity contribution in [2.24, 2.45) is 0 Å². The van der Waals surface area contributed by atoms with Gasteiger partial charge in [0.25, 0.3) is 0 Å². The van der Waals surface area contributed by atoms with E-state index in [0.717, 1.165) is 17.7 Å². The van der Waals surface area contributed by atoms with Crippen molar-refractivity contribution in [3.05, 3.63) is 34.9 Å². The topological polar surface area (TPSA) is 0 Å². The number of rotatable bonds is 0. The first kappa shape index (κ1) is 9.10. The minimum absolute atomic E-state index is 0.616. The van der Waals surface area contributed by atoms with E-state index in [1.165, 1.54) is 0 Å². The second-order valence-electron chi connectivity index (χ2n) is 2.69. The van der Waals surface area contributed by atoms with Crippen LogP contribution >= 0.6 is 0 Å². The summed E-state index contributed by atoms with van der Waals surface area (Å²) in [5.74, 6) is 0. The Kier molecular flexibility index (Phi) is 2.13. The Balaban J connectivity index is 3.14. The molecular weight excluding hydrogens is 165 g/mol. The molecule has 0 spiro atoms. The summed E-state index contributed by atoms with van der Waals surface area (Å²) >= 11 is 0. The number of halogens is 3. The number of hydrogen-bond acceptors (Lipinski definition) is 0. The van der Waals surface area contributed by atoms with Crippen LogP contribution in [-0.4, -0.2) is 0 Å². The van der Waals surface area contributed by atoms with E-state index in [-0.39, 0.29) is 0 Å². The van der Waals surface area contributed by atoms with E-state index in [1.54, 1.807) is 13.8 Å². The van der Waals surface area contributed by atoms with Crippen LogP contribution in [0.15, 0.2) is 12.1 Å². The van der Waals surface area contributed by atoms with Gasteiger partial charge in [0.15, 0.2) is 0 Å². The fraction of sp³-hybridized carbons (Fsp3) is 0.333. The SMILES string of the molecule is Cc1[c]cc(C(F)(F)F)cc1C. The monoisotopic (exact) mass is 173 g/mol. The highest BCUT2D eigenvalue weighted by Crippen LogP contribution is 2.29. The molecule has 1 rings (SSSR count). The van der Waals surface area contributed by atoms with Gasteiger partial charge in [-0.05, 0) is 43.2 Å². The van der Waals surface area contributed by atoms with Gasteiger partial charge in [-0.15, -0.1) is 0 Å². The van der Waals surface area contributed by atoms with Crippen LogP contribution in [0.25, 0.3) is 0 Å². The van der Waals surface area contributed by atoms with E-state index in [1.807, 2.05) is 0 Å². The van der Waals surface area contributed by atoms with Crippen LogP contribution in [0.3, 0.4) is 0 Å². The lowest BCUT2D eigenvalue weighted by Gasteiger charge is -2.07. The summed E-state index contributed by atoms with van der Waals surface area (Å²) in [5, 5.41) is 0. The molecule has 1 radical (unpaired) electrons. The first-order valence-electron chi connectivity index (χ1n) is 3.47.